The monoisotopic (exact) mass is 416 g/mol. The van der Waals surface area contributed by atoms with Crippen molar-refractivity contribution in [2.75, 3.05) is 0 Å². The smallest absolute Gasteiger partial charge is 0.0721 e. The van der Waals surface area contributed by atoms with Crippen molar-refractivity contribution in [1.29, 1.82) is 0 Å². The van der Waals surface area contributed by atoms with Crippen molar-refractivity contribution in [3.8, 4) is 0 Å². The van der Waals surface area contributed by atoms with Crippen molar-refractivity contribution in [1.82, 2.24) is 0 Å². The molecule has 0 aliphatic rings. The number of carboxylic acid groups (broad SMARTS) is 2. The fourth-order valence-electron chi connectivity index (χ4n) is 4.14. The van der Waals surface area contributed by atoms with Crippen LogP contribution in [0.5, 0.6) is 0 Å². The molecule has 0 saturated carbocycles. The van der Waals surface area contributed by atoms with Gasteiger partial charge in [0.25, 0.3) is 0 Å². The van der Waals surface area contributed by atoms with E-state index in [1.54, 1.807) is 6.07 Å². The molecule has 0 aromatic heterocycles. The minimum atomic E-state index is -1.31. The van der Waals surface area contributed by atoms with Crippen molar-refractivity contribution in [3.63, 3.8) is 0 Å². The summed E-state index contributed by atoms with van der Waals surface area (Å²) in [6, 6.07) is 3.16. The number of unbranched alkanes of at least 4 members (excludes halogenated alkanes) is 12. The van der Waals surface area contributed by atoms with Crippen LogP contribution in [0.1, 0.15) is 136 Å². The van der Waals surface area contributed by atoms with E-state index in [1.165, 1.54) is 57.4 Å². The van der Waals surface area contributed by atoms with E-state index in [0.717, 1.165) is 38.5 Å². The normalized spacial score (nSPS) is 11.0. The van der Waals surface area contributed by atoms with E-state index in [2.05, 4.69) is 13.8 Å². The van der Waals surface area contributed by atoms with Crippen LogP contribution in [0.3, 0.4) is 0 Å². The lowest BCUT2D eigenvalue weighted by atomic mass is 9.89. The molecule has 0 N–H and O–H groups in total. The quantitative estimate of drug-likeness (QED) is 0.315. The van der Waals surface area contributed by atoms with Crippen molar-refractivity contribution in [3.05, 3.63) is 34.4 Å². The number of benzene rings is 1. The summed E-state index contributed by atoms with van der Waals surface area (Å²) in [4.78, 5) is 23.5. The molecule has 170 valence electrons. The maximum atomic E-state index is 11.9. The fraction of sp³-hybridized carbons (Fsp3) is 0.692. The lowest BCUT2D eigenvalue weighted by Crippen LogP contribution is -2.29. The Morgan fingerprint density at radius 2 is 1.10 bits per heavy atom. The van der Waals surface area contributed by atoms with Gasteiger partial charge in [0.15, 0.2) is 0 Å². The Morgan fingerprint density at radius 3 is 1.57 bits per heavy atom. The first-order valence-electron chi connectivity index (χ1n) is 12.1. The van der Waals surface area contributed by atoms with Crippen LogP contribution in [-0.4, -0.2) is 11.9 Å². The van der Waals surface area contributed by atoms with Crippen molar-refractivity contribution >= 4 is 11.9 Å². The van der Waals surface area contributed by atoms with Crippen LogP contribution in [0.25, 0.3) is 0 Å². The molecule has 0 radical (unpaired) electrons. The number of aryl methyl sites for hydroxylation is 1. The first-order valence-corrected chi connectivity index (χ1v) is 12.1. The number of hydrogen-bond acceptors (Lipinski definition) is 4. The summed E-state index contributed by atoms with van der Waals surface area (Å²) in [5.41, 5.74) is 1.19. The number of carbonyl (C=O) groups is 2. The van der Waals surface area contributed by atoms with Crippen molar-refractivity contribution in [2.45, 2.75) is 117 Å². The highest BCUT2D eigenvalue weighted by molar-refractivity contribution is 5.96. The van der Waals surface area contributed by atoms with Gasteiger partial charge in [0.05, 0.1) is 11.9 Å². The van der Waals surface area contributed by atoms with Gasteiger partial charge in [0.1, 0.15) is 0 Å². The second-order valence-electron chi connectivity index (χ2n) is 8.44. The Bertz CT molecular complexity index is 636. The van der Waals surface area contributed by atoms with Gasteiger partial charge in [-0.1, -0.05) is 103 Å². The maximum absolute atomic E-state index is 11.9. The SMILES string of the molecule is CCCCCCCCCc1ccc(C(=O)[O-])c(CCCCCCCCC)c1C(=O)[O-]. The van der Waals surface area contributed by atoms with Crippen LogP contribution >= 0.6 is 0 Å². The van der Waals surface area contributed by atoms with Gasteiger partial charge in [0, 0.05) is 11.1 Å². The zero-order chi connectivity index (χ0) is 22.2. The number of aromatic carboxylic acids is 2. The summed E-state index contributed by atoms with van der Waals surface area (Å²) in [7, 11) is 0. The minimum Gasteiger partial charge on any atom is -0.545 e. The van der Waals surface area contributed by atoms with Gasteiger partial charge in [-0.15, -0.1) is 0 Å². The number of hydrogen-bond donors (Lipinski definition) is 0. The molecule has 4 nitrogen and oxygen atoms in total. The molecule has 1 aromatic carbocycles. The number of carbonyl (C=O) groups excluding carboxylic acids is 2. The Labute approximate surface area is 183 Å². The summed E-state index contributed by atoms with van der Waals surface area (Å²) >= 11 is 0. The molecular formula is C26H40O4-2. The molecule has 0 spiro atoms. The van der Waals surface area contributed by atoms with Crippen molar-refractivity contribution < 1.29 is 19.8 Å². The average Bonchev–Trinajstić information content (AvgIpc) is 2.71. The standard InChI is InChI=1S/C26H42O4/c1-3-5-7-9-11-13-15-17-21-19-20-23(25(27)28)22(24(21)26(29)30)18-16-14-12-10-8-6-4-2/h19-20H,3-18H2,1-2H3,(H,27,28)(H,29,30)/p-2. The zero-order valence-corrected chi connectivity index (χ0v) is 19.1. The molecular weight excluding hydrogens is 376 g/mol. The summed E-state index contributed by atoms with van der Waals surface area (Å²) in [6.45, 7) is 4.38. The minimum absolute atomic E-state index is 0.00324. The third-order valence-corrected chi connectivity index (χ3v) is 5.90. The first kappa shape index (κ1) is 26.2. The molecule has 30 heavy (non-hydrogen) atoms. The molecule has 0 aliphatic carbocycles. The molecule has 1 rings (SSSR count). The lowest BCUT2D eigenvalue weighted by Gasteiger charge is -2.20. The second-order valence-corrected chi connectivity index (χ2v) is 8.44. The third-order valence-electron chi connectivity index (χ3n) is 5.90. The van der Waals surface area contributed by atoms with Gasteiger partial charge in [-0.05, 0) is 36.8 Å². The molecule has 0 atom stereocenters. The van der Waals surface area contributed by atoms with E-state index < -0.39 is 11.9 Å². The second kappa shape index (κ2) is 15.9. The summed E-state index contributed by atoms with van der Waals surface area (Å²) < 4.78 is 0. The summed E-state index contributed by atoms with van der Waals surface area (Å²) in [5, 5.41) is 23.5. The fourth-order valence-corrected chi connectivity index (χ4v) is 4.14. The molecule has 0 bridgehead atoms. The topological polar surface area (TPSA) is 80.3 Å². The van der Waals surface area contributed by atoms with Crippen LogP contribution in [0.2, 0.25) is 0 Å². The largest absolute Gasteiger partial charge is 0.545 e. The molecule has 0 heterocycles. The summed E-state index contributed by atoms with van der Waals surface area (Å²) in [6.07, 6.45) is 16.9. The van der Waals surface area contributed by atoms with E-state index in [9.17, 15) is 19.8 Å². The van der Waals surface area contributed by atoms with Crippen LogP contribution < -0.4 is 10.2 Å². The predicted molar refractivity (Wildman–Crippen MR) is 118 cm³/mol. The molecule has 0 fully saturated rings. The van der Waals surface area contributed by atoms with Gasteiger partial charge in [-0.2, -0.15) is 0 Å². The molecule has 0 saturated heterocycles. The molecule has 1 aromatic rings. The highest BCUT2D eigenvalue weighted by atomic mass is 16.4. The molecule has 4 heteroatoms. The van der Waals surface area contributed by atoms with E-state index in [-0.39, 0.29) is 11.1 Å². The van der Waals surface area contributed by atoms with Crippen LogP contribution in [-0.2, 0) is 12.8 Å². The highest BCUT2D eigenvalue weighted by Crippen LogP contribution is 2.24. The average molecular weight is 417 g/mol. The van der Waals surface area contributed by atoms with Gasteiger partial charge in [0.2, 0.25) is 0 Å². The molecule has 0 aliphatic heterocycles. The number of rotatable bonds is 18. The van der Waals surface area contributed by atoms with E-state index >= 15 is 0 Å². The van der Waals surface area contributed by atoms with Gasteiger partial charge in [-0.3, -0.25) is 0 Å². The van der Waals surface area contributed by atoms with E-state index in [1.807, 2.05) is 0 Å². The van der Waals surface area contributed by atoms with Crippen LogP contribution in [0.15, 0.2) is 12.1 Å². The number of carboxylic acids is 2. The van der Waals surface area contributed by atoms with Crippen LogP contribution in [0.4, 0.5) is 0 Å². The first-order chi connectivity index (χ1) is 14.5. The van der Waals surface area contributed by atoms with Gasteiger partial charge in [-0.25, -0.2) is 0 Å². The molecule has 0 unspecified atom stereocenters. The molecule has 0 amide bonds. The van der Waals surface area contributed by atoms with Gasteiger partial charge < -0.3 is 19.8 Å². The highest BCUT2D eigenvalue weighted by Gasteiger charge is 2.15. The van der Waals surface area contributed by atoms with E-state index in [0.29, 0.717) is 24.0 Å². The van der Waals surface area contributed by atoms with Crippen LogP contribution in [0, 0.1) is 0 Å². The maximum Gasteiger partial charge on any atom is 0.0721 e. The van der Waals surface area contributed by atoms with Gasteiger partial charge >= 0.3 is 0 Å². The van der Waals surface area contributed by atoms with Crippen molar-refractivity contribution in [2.24, 2.45) is 0 Å². The predicted octanol–water partition coefficient (Wildman–Crippen LogP) is 5.00. The Morgan fingerprint density at radius 1 is 0.633 bits per heavy atom. The Kier molecular flexibility index (Phi) is 13.9. The lowest BCUT2D eigenvalue weighted by molar-refractivity contribution is -0.255. The summed E-state index contributed by atoms with van der Waals surface area (Å²) in [5.74, 6) is -2.58. The van der Waals surface area contributed by atoms with E-state index in [4.69, 9.17) is 0 Å². The Balaban J connectivity index is 2.74. The Hall–Kier alpha value is -1.84. The third kappa shape index (κ3) is 9.77. The zero-order valence-electron chi connectivity index (χ0n) is 19.1.